The molecule has 6 nitrogen and oxygen atoms in total. The zero-order valence-corrected chi connectivity index (χ0v) is 9.89. The average molecular weight is 279 g/mol. The summed E-state index contributed by atoms with van der Waals surface area (Å²) in [5, 5.41) is 21.7. The molecule has 1 heterocycles. The highest BCUT2D eigenvalue weighted by Gasteiger charge is 2.21. The number of hydrogen-bond donors (Lipinski definition) is 1. The van der Waals surface area contributed by atoms with Crippen LogP contribution < -0.4 is 5.32 Å². The first-order valence-electron chi connectivity index (χ1n) is 5.38. The summed E-state index contributed by atoms with van der Waals surface area (Å²) in [5.74, 6) is -2.22. The molecule has 0 fully saturated rings. The molecule has 1 aromatic carbocycles. The Morgan fingerprint density at radius 2 is 2.10 bits per heavy atom. The summed E-state index contributed by atoms with van der Waals surface area (Å²) in [6, 6.07) is 6.15. The van der Waals surface area contributed by atoms with Crippen molar-refractivity contribution in [1.29, 1.82) is 5.26 Å². The van der Waals surface area contributed by atoms with Gasteiger partial charge in [-0.1, -0.05) is 0 Å². The summed E-state index contributed by atoms with van der Waals surface area (Å²) in [6.07, 6.45) is 0. The van der Waals surface area contributed by atoms with E-state index in [1.807, 2.05) is 0 Å². The third-order valence-electron chi connectivity index (χ3n) is 2.48. The predicted octanol–water partition coefficient (Wildman–Crippen LogP) is 2.95. The van der Waals surface area contributed by atoms with Gasteiger partial charge in [0.05, 0.1) is 11.5 Å². The van der Waals surface area contributed by atoms with Crippen molar-refractivity contribution in [3.05, 3.63) is 57.5 Å². The van der Waals surface area contributed by atoms with Crippen LogP contribution in [-0.2, 0) is 6.54 Å². The largest absolute Gasteiger partial charge is 0.449 e. The molecule has 0 aliphatic carbocycles. The van der Waals surface area contributed by atoms with E-state index in [0.717, 1.165) is 6.07 Å². The quantitative estimate of drug-likeness (QED) is 0.686. The summed E-state index contributed by atoms with van der Waals surface area (Å²) in [4.78, 5) is 9.93. The molecule has 0 aliphatic rings. The maximum absolute atomic E-state index is 13.6. The van der Waals surface area contributed by atoms with Crippen LogP contribution in [0.4, 0.5) is 20.2 Å². The van der Waals surface area contributed by atoms with Crippen LogP contribution in [0.5, 0.6) is 0 Å². The summed E-state index contributed by atoms with van der Waals surface area (Å²) in [7, 11) is 0. The van der Waals surface area contributed by atoms with Crippen molar-refractivity contribution in [2.24, 2.45) is 0 Å². The lowest BCUT2D eigenvalue weighted by Crippen LogP contribution is -2.05. The zero-order valence-electron chi connectivity index (χ0n) is 9.89. The molecule has 0 saturated heterocycles. The van der Waals surface area contributed by atoms with Crippen LogP contribution in [0.2, 0.25) is 0 Å². The normalized spacial score (nSPS) is 10.1. The van der Waals surface area contributed by atoms with Crippen LogP contribution in [0, 0.1) is 33.1 Å². The van der Waals surface area contributed by atoms with E-state index in [0.29, 0.717) is 6.07 Å². The van der Waals surface area contributed by atoms with Crippen molar-refractivity contribution in [1.82, 2.24) is 0 Å². The Hall–Kier alpha value is -2.95. The Balaban J connectivity index is 2.26. The van der Waals surface area contributed by atoms with Gasteiger partial charge in [-0.2, -0.15) is 5.26 Å². The summed E-state index contributed by atoms with van der Waals surface area (Å²) in [5.41, 5.74) is -1.15. The standard InChI is InChI=1S/C12H7F2N3O3/c13-9-3-4-10(17(18)19)12(11(9)14)16-6-8-2-1-7(5-15)20-8/h1-4,16H,6H2. The number of nitrogens with zero attached hydrogens (tertiary/aromatic N) is 2. The van der Waals surface area contributed by atoms with Crippen LogP contribution in [0.3, 0.4) is 0 Å². The number of furan rings is 1. The minimum Gasteiger partial charge on any atom is -0.449 e. The van der Waals surface area contributed by atoms with Gasteiger partial charge < -0.3 is 9.73 Å². The first-order valence-corrected chi connectivity index (χ1v) is 5.38. The van der Waals surface area contributed by atoms with Gasteiger partial charge in [-0.15, -0.1) is 0 Å². The van der Waals surface area contributed by atoms with Crippen LogP contribution in [-0.4, -0.2) is 4.92 Å². The molecule has 0 amide bonds. The molecule has 0 spiro atoms. The van der Waals surface area contributed by atoms with E-state index in [-0.39, 0.29) is 18.1 Å². The lowest BCUT2D eigenvalue weighted by Gasteiger charge is -2.07. The Bertz CT molecular complexity index is 706. The Morgan fingerprint density at radius 3 is 2.70 bits per heavy atom. The molecule has 1 aromatic heterocycles. The Morgan fingerprint density at radius 1 is 1.35 bits per heavy atom. The second-order valence-electron chi connectivity index (χ2n) is 3.74. The molecule has 0 bridgehead atoms. The van der Waals surface area contributed by atoms with Gasteiger partial charge in [0.15, 0.2) is 17.3 Å². The highest BCUT2D eigenvalue weighted by molar-refractivity contribution is 5.62. The van der Waals surface area contributed by atoms with Gasteiger partial charge in [0, 0.05) is 6.07 Å². The Labute approximate surface area is 111 Å². The van der Waals surface area contributed by atoms with Crippen molar-refractivity contribution in [3.63, 3.8) is 0 Å². The molecule has 20 heavy (non-hydrogen) atoms. The van der Waals surface area contributed by atoms with Crippen molar-refractivity contribution in [2.45, 2.75) is 6.54 Å². The van der Waals surface area contributed by atoms with Crippen molar-refractivity contribution in [3.8, 4) is 6.07 Å². The molecule has 0 aliphatic heterocycles. The van der Waals surface area contributed by atoms with Gasteiger partial charge in [-0.25, -0.2) is 8.78 Å². The van der Waals surface area contributed by atoms with Gasteiger partial charge in [0.25, 0.3) is 5.69 Å². The van der Waals surface area contributed by atoms with Crippen molar-refractivity contribution in [2.75, 3.05) is 5.32 Å². The van der Waals surface area contributed by atoms with E-state index in [2.05, 4.69) is 5.32 Å². The lowest BCUT2D eigenvalue weighted by atomic mass is 10.2. The van der Waals surface area contributed by atoms with Crippen LogP contribution >= 0.6 is 0 Å². The maximum atomic E-state index is 13.6. The number of nitriles is 1. The number of rotatable bonds is 4. The molecule has 2 rings (SSSR count). The van der Waals surface area contributed by atoms with E-state index < -0.39 is 27.9 Å². The molecule has 1 N–H and O–H groups in total. The average Bonchev–Trinajstić information content (AvgIpc) is 2.88. The van der Waals surface area contributed by atoms with Gasteiger partial charge in [-0.05, 0) is 18.2 Å². The number of halogens is 2. The lowest BCUT2D eigenvalue weighted by molar-refractivity contribution is -0.384. The van der Waals surface area contributed by atoms with Gasteiger partial charge in [0.2, 0.25) is 5.76 Å². The van der Waals surface area contributed by atoms with Crippen LogP contribution in [0.15, 0.2) is 28.7 Å². The molecule has 0 radical (unpaired) electrons. The third-order valence-corrected chi connectivity index (χ3v) is 2.48. The molecular formula is C12H7F2N3O3. The summed E-state index contributed by atoms with van der Waals surface area (Å²) < 4.78 is 31.7. The second kappa shape index (κ2) is 5.36. The van der Waals surface area contributed by atoms with E-state index in [4.69, 9.17) is 9.68 Å². The number of nitro benzene ring substituents is 1. The van der Waals surface area contributed by atoms with Crippen molar-refractivity contribution >= 4 is 11.4 Å². The van der Waals surface area contributed by atoms with E-state index in [9.17, 15) is 18.9 Å². The van der Waals surface area contributed by atoms with Gasteiger partial charge in [0.1, 0.15) is 11.8 Å². The highest BCUT2D eigenvalue weighted by atomic mass is 19.2. The summed E-state index contributed by atoms with van der Waals surface area (Å²) in [6.45, 7) is -0.122. The zero-order chi connectivity index (χ0) is 14.7. The predicted molar refractivity (Wildman–Crippen MR) is 63.8 cm³/mol. The topological polar surface area (TPSA) is 92.1 Å². The molecule has 102 valence electrons. The number of benzene rings is 1. The summed E-state index contributed by atoms with van der Waals surface area (Å²) >= 11 is 0. The number of nitro groups is 1. The first-order chi connectivity index (χ1) is 9.52. The van der Waals surface area contributed by atoms with E-state index in [1.165, 1.54) is 12.1 Å². The number of hydrogen-bond acceptors (Lipinski definition) is 5. The SMILES string of the molecule is N#Cc1ccc(CNc2c([N+](=O)[O-])ccc(F)c2F)o1. The molecule has 0 saturated carbocycles. The maximum Gasteiger partial charge on any atom is 0.295 e. The minimum absolute atomic E-state index is 0.0519. The molecule has 2 aromatic rings. The van der Waals surface area contributed by atoms with E-state index >= 15 is 0 Å². The number of anilines is 1. The Kier molecular flexibility index (Phi) is 3.61. The van der Waals surface area contributed by atoms with Crippen LogP contribution in [0.25, 0.3) is 0 Å². The first kappa shape index (κ1) is 13.5. The van der Waals surface area contributed by atoms with Crippen LogP contribution in [0.1, 0.15) is 11.5 Å². The fourth-order valence-electron chi connectivity index (χ4n) is 1.57. The third kappa shape index (κ3) is 2.56. The smallest absolute Gasteiger partial charge is 0.295 e. The number of nitrogens with one attached hydrogen (secondary N) is 1. The second-order valence-corrected chi connectivity index (χ2v) is 3.74. The molecule has 8 heteroatoms. The van der Waals surface area contributed by atoms with Gasteiger partial charge in [-0.3, -0.25) is 10.1 Å². The minimum atomic E-state index is -1.34. The highest BCUT2D eigenvalue weighted by Crippen LogP contribution is 2.29. The fourth-order valence-corrected chi connectivity index (χ4v) is 1.57. The monoisotopic (exact) mass is 279 g/mol. The molecule has 0 atom stereocenters. The van der Waals surface area contributed by atoms with Crippen molar-refractivity contribution < 1.29 is 18.1 Å². The van der Waals surface area contributed by atoms with Gasteiger partial charge >= 0.3 is 0 Å². The molecule has 0 unspecified atom stereocenters. The fraction of sp³-hybridized carbons (Fsp3) is 0.0833. The van der Waals surface area contributed by atoms with E-state index in [1.54, 1.807) is 6.07 Å². The molecular weight excluding hydrogens is 272 g/mol.